The first-order chi connectivity index (χ1) is 15.0. The van der Waals surface area contributed by atoms with Gasteiger partial charge in [0.1, 0.15) is 5.75 Å². The molecule has 1 aromatic rings. The molecule has 1 heterocycles. The molecule has 0 spiro atoms. The molecular weight excluding hydrogens is 394 g/mol. The summed E-state index contributed by atoms with van der Waals surface area (Å²) in [5.74, 6) is 0.651. The Morgan fingerprint density at radius 2 is 1.81 bits per heavy atom. The predicted molar refractivity (Wildman–Crippen MR) is 118 cm³/mol. The molecule has 1 aromatic carbocycles. The zero-order chi connectivity index (χ0) is 21.8. The Morgan fingerprint density at radius 1 is 1.06 bits per heavy atom. The highest BCUT2D eigenvalue weighted by atomic mass is 16.5. The molecule has 0 bridgehead atoms. The van der Waals surface area contributed by atoms with Gasteiger partial charge in [-0.1, -0.05) is 6.07 Å². The molecule has 2 aliphatic carbocycles. The Bertz CT molecular complexity index is 791. The summed E-state index contributed by atoms with van der Waals surface area (Å²) < 4.78 is 5.75. The second-order valence-electron chi connectivity index (χ2n) is 9.13. The Balaban J connectivity index is 1.26. The highest BCUT2D eigenvalue weighted by Gasteiger charge is 2.37. The van der Waals surface area contributed by atoms with Crippen LogP contribution in [-0.2, 0) is 22.4 Å². The molecule has 4 rings (SSSR count). The number of fused-ring (bicyclic) bond motifs is 1. The largest absolute Gasteiger partial charge is 0.484 e. The number of aliphatic hydroxyl groups is 1. The molecule has 170 valence electrons. The third-order valence-corrected chi connectivity index (χ3v) is 7.09. The lowest BCUT2D eigenvalue weighted by Crippen LogP contribution is -2.60. The van der Waals surface area contributed by atoms with Crippen molar-refractivity contribution < 1.29 is 19.4 Å². The summed E-state index contributed by atoms with van der Waals surface area (Å²) in [5, 5.41) is 13.9. The van der Waals surface area contributed by atoms with Crippen LogP contribution in [0.1, 0.15) is 50.2 Å². The predicted octanol–water partition coefficient (Wildman–Crippen LogP) is 1.51. The molecule has 1 saturated heterocycles. The van der Waals surface area contributed by atoms with Crippen LogP contribution < -0.4 is 10.1 Å². The SMILES string of the molecule is CC(=O)N1CCN([C@@H]2CCC[C@@H](NC(=O)COc3ccc4c(c3)CCCC4)[C@H]2O)CC1. The van der Waals surface area contributed by atoms with Gasteiger partial charge in [0.05, 0.1) is 12.1 Å². The van der Waals surface area contributed by atoms with Crippen LogP contribution in [0.5, 0.6) is 5.75 Å². The Kier molecular flexibility index (Phi) is 7.13. The van der Waals surface area contributed by atoms with Gasteiger partial charge in [-0.3, -0.25) is 14.5 Å². The number of carbonyl (C=O) groups excluding carboxylic acids is 2. The molecule has 2 fully saturated rings. The lowest BCUT2D eigenvalue weighted by molar-refractivity contribution is -0.132. The fourth-order valence-corrected chi connectivity index (χ4v) is 5.28. The van der Waals surface area contributed by atoms with Gasteiger partial charge >= 0.3 is 0 Å². The van der Waals surface area contributed by atoms with E-state index in [0.717, 1.165) is 50.9 Å². The number of amides is 2. The minimum absolute atomic E-state index is 0.0229. The summed E-state index contributed by atoms with van der Waals surface area (Å²) in [6, 6.07) is 5.89. The molecule has 2 amide bonds. The van der Waals surface area contributed by atoms with Gasteiger partial charge in [-0.15, -0.1) is 0 Å². The Hall–Kier alpha value is -2.12. The minimum Gasteiger partial charge on any atom is -0.484 e. The van der Waals surface area contributed by atoms with Gasteiger partial charge in [0, 0.05) is 39.1 Å². The third-order valence-electron chi connectivity index (χ3n) is 7.09. The van der Waals surface area contributed by atoms with Gasteiger partial charge < -0.3 is 20.1 Å². The molecule has 1 saturated carbocycles. The van der Waals surface area contributed by atoms with Crippen molar-refractivity contribution in [2.24, 2.45) is 0 Å². The average Bonchev–Trinajstić information content (AvgIpc) is 2.79. The summed E-state index contributed by atoms with van der Waals surface area (Å²) in [5.41, 5.74) is 2.73. The van der Waals surface area contributed by atoms with E-state index in [2.05, 4.69) is 22.3 Å². The first-order valence-corrected chi connectivity index (χ1v) is 11.7. The molecule has 7 heteroatoms. The molecule has 1 aliphatic heterocycles. The average molecular weight is 430 g/mol. The molecule has 2 N–H and O–H groups in total. The zero-order valence-electron chi connectivity index (χ0n) is 18.5. The maximum Gasteiger partial charge on any atom is 0.258 e. The molecule has 0 unspecified atom stereocenters. The van der Waals surface area contributed by atoms with Gasteiger partial charge in [0.2, 0.25) is 5.91 Å². The van der Waals surface area contributed by atoms with Crippen molar-refractivity contribution in [2.45, 2.75) is 70.1 Å². The van der Waals surface area contributed by atoms with E-state index in [1.165, 1.54) is 24.0 Å². The molecular formula is C24H35N3O4. The van der Waals surface area contributed by atoms with Gasteiger partial charge in [-0.25, -0.2) is 0 Å². The maximum atomic E-state index is 12.5. The summed E-state index contributed by atoms with van der Waals surface area (Å²) in [6.07, 6.45) is 6.70. The van der Waals surface area contributed by atoms with E-state index in [1.807, 2.05) is 11.0 Å². The van der Waals surface area contributed by atoms with Crippen LogP contribution in [0, 0.1) is 0 Å². The van der Waals surface area contributed by atoms with E-state index >= 15 is 0 Å². The van der Waals surface area contributed by atoms with E-state index in [-0.39, 0.29) is 30.5 Å². The lowest BCUT2D eigenvalue weighted by Gasteiger charge is -2.45. The van der Waals surface area contributed by atoms with E-state index in [9.17, 15) is 14.7 Å². The van der Waals surface area contributed by atoms with Crippen molar-refractivity contribution in [3.8, 4) is 5.75 Å². The second-order valence-corrected chi connectivity index (χ2v) is 9.13. The van der Waals surface area contributed by atoms with Crippen LogP contribution in [0.15, 0.2) is 18.2 Å². The Labute approximate surface area is 184 Å². The molecule has 0 aromatic heterocycles. The Morgan fingerprint density at radius 3 is 2.55 bits per heavy atom. The van der Waals surface area contributed by atoms with E-state index < -0.39 is 6.10 Å². The number of ether oxygens (including phenoxy) is 1. The number of benzene rings is 1. The van der Waals surface area contributed by atoms with Gasteiger partial charge in [-0.05, 0) is 68.2 Å². The van der Waals surface area contributed by atoms with Crippen LogP contribution in [0.25, 0.3) is 0 Å². The molecule has 7 nitrogen and oxygen atoms in total. The second kappa shape index (κ2) is 10.0. The van der Waals surface area contributed by atoms with E-state index in [0.29, 0.717) is 13.1 Å². The lowest BCUT2D eigenvalue weighted by atomic mass is 9.86. The van der Waals surface area contributed by atoms with Gasteiger partial charge in [0.25, 0.3) is 5.91 Å². The van der Waals surface area contributed by atoms with Crippen molar-refractivity contribution in [3.63, 3.8) is 0 Å². The van der Waals surface area contributed by atoms with E-state index in [1.54, 1.807) is 6.92 Å². The number of piperazine rings is 1. The molecule has 31 heavy (non-hydrogen) atoms. The van der Waals surface area contributed by atoms with Crippen molar-refractivity contribution in [2.75, 3.05) is 32.8 Å². The van der Waals surface area contributed by atoms with Crippen molar-refractivity contribution in [1.29, 1.82) is 0 Å². The first-order valence-electron chi connectivity index (χ1n) is 11.7. The highest BCUT2D eigenvalue weighted by Crippen LogP contribution is 2.26. The number of hydrogen-bond donors (Lipinski definition) is 2. The number of carbonyl (C=O) groups is 2. The van der Waals surface area contributed by atoms with Crippen LogP contribution >= 0.6 is 0 Å². The van der Waals surface area contributed by atoms with Crippen molar-refractivity contribution >= 4 is 11.8 Å². The molecule has 3 atom stereocenters. The third kappa shape index (κ3) is 5.39. The zero-order valence-corrected chi connectivity index (χ0v) is 18.5. The van der Waals surface area contributed by atoms with E-state index in [4.69, 9.17) is 4.74 Å². The summed E-state index contributed by atoms with van der Waals surface area (Å²) in [4.78, 5) is 28.2. The van der Waals surface area contributed by atoms with Crippen LogP contribution in [0.2, 0.25) is 0 Å². The quantitative estimate of drug-likeness (QED) is 0.742. The monoisotopic (exact) mass is 429 g/mol. The number of aryl methyl sites for hydroxylation is 2. The molecule has 3 aliphatic rings. The fraction of sp³-hybridized carbons (Fsp3) is 0.667. The van der Waals surface area contributed by atoms with Gasteiger partial charge in [-0.2, -0.15) is 0 Å². The van der Waals surface area contributed by atoms with Crippen LogP contribution in [0.4, 0.5) is 0 Å². The molecule has 0 radical (unpaired) electrons. The first kappa shape index (κ1) is 22.1. The van der Waals surface area contributed by atoms with Crippen molar-refractivity contribution in [1.82, 2.24) is 15.1 Å². The van der Waals surface area contributed by atoms with Crippen LogP contribution in [0.3, 0.4) is 0 Å². The number of aliphatic hydroxyl groups excluding tert-OH is 1. The summed E-state index contributed by atoms with van der Waals surface area (Å²) in [6.45, 7) is 4.49. The highest BCUT2D eigenvalue weighted by molar-refractivity contribution is 5.78. The number of nitrogens with zero attached hydrogens (tertiary/aromatic N) is 2. The van der Waals surface area contributed by atoms with Crippen molar-refractivity contribution in [3.05, 3.63) is 29.3 Å². The summed E-state index contributed by atoms with van der Waals surface area (Å²) >= 11 is 0. The topological polar surface area (TPSA) is 82.1 Å². The maximum absolute atomic E-state index is 12.5. The smallest absolute Gasteiger partial charge is 0.258 e. The minimum atomic E-state index is -0.606. The standard InChI is InChI=1S/C24H35N3O4/c1-17(28)26-11-13-27(14-12-26)22-8-4-7-21(24(22)30)25-23(29)16-31-20-10-9-18-5-2-3-6-19(18)15-20/h9-10,15,21-22,24,30H,2-8,11-14,16H2,1H3,(H,25,29)/t21-,22-,24-/m1/s1. The number of hydrogen-bond acceptors (Lipinski definition) is 5. The number of rotatable bonds is 5. The normalized spacial score (nSPS) is 26.8. The number of nitrogens with one attached hydrogen (secondary N) is 1. The van der Waals surface area contributed by atoms with Crippen LogP contribution in [-0.4, -0.2) is 77.7 Å². The van der Waals surface area contributed by atoms with Gasteiger partial charge in [0.15, 0.2) is 6.61 Å². The fourth-order valence-electron chi connectivity index (χ4n) is 5.28. The summed E-state index contributed by atoms with van der Waals surface area (Å²) in [7, 11) is 0.